The molecular formula is C19H15N5O3S. The summed E-state index contributed by atoms with van der Waals surface area (Å²) in [5, 5.41) is 3.78. The molecule has 0 radical (unpaired) electrons. The third kappa shape index (κ3) is 3.55. The highest BCUT2D eigenvalue weighted by atomic mass is 32.1. The number of ether oxygens (including phenoxy) is 2. The fourth-order valence-corrected chi connectivity index (χ4v) is 3.34. The Kier molecular flexibility index (Phi) is 4.73. The summed E-state index contributed by atoms with van der Waals surface area (Å²) in [6.07, 6.45) is 1.35. The molecule has 4 aromatic rings. The molecular weight excluding hydrogens is 378 g/mol. The van der Waals surface area contributed by atoms with Gasteiger partial charge in [0.2, 0.25) is 5.88 Å². The summed E-state index contributed by atoms with van der Waals surface area (Å²) in [6, 6.07) is 14.3. The molecule has 0 aliphatic heterocycles. The van der Waals surface area contributed by atoms with Crippen LogP contribution in [0.2, 0.25) is 0 Å². The highest BCUT2D eigenvalue weighted by Crippen LogP contribution is 2.33. The smallest absolute Gasteiger partial charge is 0.337 e. The highest BCUT2D eigenvalue weighted by molar-refractivity contribution is 7.22. The van der Waals surface area contributed by atoms with Crippen molar-refractivity contribution in [2.45, 2.75) is 0 Å². The number of nitrogens with one attached hydrogen (secondary N) is 1. The number of thiazole rings is 1. The molecule has 0 saturated carbocycles. The van der Waals surface area contributed by atoms with Gasteiger partial charge in [-0.15, -0.1) is 0 Å². The summed E-state index contributed by atoms with van der Waals surface area (Å²) < 4.78 is 11.5. The fraction of sp³-hybridized carbons (Fsp3) is 0.0526. The van der Waals surface area contributed by atoms with Gasteiger partial charge in [0.15, 0.2) is 10.9 Å². The Balaban J connectivity index is 1.55. The Morgan fingerprint density at radius 1 is 1.11 bits per heavy atom. The first-order valence-electron chi connectivity index (χ1n) is 8.23. The third-order valence-corrected chi connectivity index (χ3v) is 4.81. The standard InChI is InChI=1S/C19H15N5O3S/c1-26-18(25)11-6-8-12(9-7-11)27-17-15(20)16(21-10-22-17)24-19-23-13-4-2-3-5-14(13)28-19/h2-10H,20H2,1H3,(H,21,22,23,24). The second-order valence-electron chi connectivity index (χ2n) is 5.67. The predicted octanol–water partition coefficient (Wildman–Crippen LogP) is 3.99. The highest BCUT2D eigenvalue weighted by Gasteiger charge is 2.13. The molecule has 0 bridgehead atoms. The van der Waals surface area contributed by atoms with Gasteiger partial charge in [0.05, 0.1) is 22.9 Å². The summed E-state index contributed by atoms with van der Waals surface area (Å²) >= 11 is 1.49. The van der Waals surface area contributed by atoms with Crippen molar-refractivity contribution in [2.75, 3.05) is 18.2 Å². The van der Waals surface area contributed by atoms with Crippen molar-refractivity contribution in [3.8, 4) is 11.6 Å². The summed E-state index contributed by atoms with van der Waals surface area (Å²) in [4.78, 5) is 24.3. The van der Waals surface area contributed by atoms with Gasteiger partial charge in [0.25, 0.3) is 0 Å². The van der Waals surface area contributed by atoms with Crippen LogP contribution in [0.25, 0.3) is 10.2 Å². The number of hydrogen-bond donors (Lipinski definition) is 2. The van der Waals surface area contributed by atoms with Crippen molar-refractivity contribution in [3.05, 3.63) is 60.4 Å². The van der Waals surface area contributed by atoms with Crippen molar-refractivity contribution >= 4 is 44.2 Å². The number of carbonyl (C=O) groups excluding carboxylic acids is 1. The second-order valence-corrected chi connectivity index (χ2v) is 6.70. The average Bonchev–Trinajstić information content (AvgIpc) is 3.13. The van der Waals surface area contributed by atoms with Crippen molar-refractivity contribution < 1.29 is 14.3 Å². The molecule has 140 valence electrons. The van der Waals surface area contributed by atoms with Gasteiger partial charge in [-0.1, -0.05) is 23.5 Å². The molecule has 2 aromatic heterocycles. The van der Waals surface area contributed by atoms with Gasteiger partial charge in [-0.2, -0.15) is 4.98 Å². The number of methoxy groups -OCH3 is 1. The molecule has 0 unspecified atom stereocenters. The van der Waals surface area contributed by atoms with Crippen LogP contribution < -0.4 is 15.8 Å². The zero-order valence-electron chi connectivity index (χ0n) is 14.7. The molecule has 0 fully saturated rings. The predicted molar refractivity (Wildman–Crippen MR) is 107 cm³/mol. The van der Waals surface area contributed by atoms with E-state index in [0.29, 0.717) is 22.3 Å². The van der Waals surface area contributed by atoms with E-state index in [1.54, 1.807) is 24.3 Å². The van der Waals surface area contributed by atoms with E-state index in [1.165, 1.54) is 24.8 Å². The molecule has 8 nitrogen and oxygen atoms in total. The third-order valence-electron chi connectivity index (χ3n) is 3.86. The van der Waals surface area contributed by atoms with E-state index < -0.39 is 5.97 Å². The first-order chi connectivity index (χ1) is 13.6. The minimum atomic E-state index is -0.421. The van der Waals surface area contributed by atoms with E-state index in [9.17, 15) is 4.79 Å². The van der Waals surface area contributed by atoms with Crippen molar-refractivity contribution in [2.24, 2.45) is 0 Å². The van der Waals surface area contributed by atoms with Crippen LogP contribution in [0.3, 0.4) is 0 Å². The molecule has 0 aliphatic rings. The van der Waals surface area contributed by atoms with Gasteiger partial charge in [-0.3, -0.25) is 0 Å². The van der Waals surface area contributed by atoms with Crippen LogP contribution in [-0.2, 0) is 4.74 Å². The summed E-state index contributed by atoms with van der Waals surface area (Å²) in [7, 11) is 1.33. The van der Waals surface area contributed by atoms with Gasteiger partial charge in [-0.25, -0.2) is 14.8 Å². The van der Waals surface area contributed by atoms with Crippen LogP contribution in [0, 0.1) is 0 Å². The van der Waals surface area contributed by atoms with Gasteiger partial charge < -0.3 is 20.5 Å². The van der Waals surface area contributed by atoms with E-state index in [4.69, 9.17) is 10.5 Å². The van der Waals surface area contributed by atoms with Gasteiger partial charge in [0.1, 0.15) is 17.8 Å². The van der Waals surface area contributed by atoms with Crippen LogP contribution in [0.5, 0.6) is 11.6 Å². The molecule has 9 heteroatoms. The Morgan fingerprint density at radius 3 is 2.64 bits per heavy atom. The summed E-state index contributed by atoms with van der Waals surface area (Å²) in [5.41, 5.74) is 7.73. The number of aromatic nitrogens is 3. The molecule has 0 atom stereocenters. The summed E-state index contributed by atoms with van der Waals surface area (Å²) in [5.74, 6) is 0.652. The molecule has 2 heterocycles. The van der Waals surface area contributed by atoms with Crippen LogP contribution in [0.1, 0.15) is 10.4 Å². The van der Waals surface area contributed by atoms with Crippen molar-refractivity contribution in [3.63, 3.8) is 0 Å². The zero-order valence-corrected chi connectivity index (χ0v) is 15.6. The van der Waals surface area contributed by atoms with Gasteiger partial charge in [-0.05, 0) is 36.4 Å². The lowest BCUT2D eigenvalue weighted by Gasteiger charge is -2.10. The van der Waals surface area contributed by atoms with E-state index >= 15 is 0 Å². The number of nitrogen functional groups attached to an aromatic ring is 1. The van der Waals surface area contributed by atoms with Crippen LogP contribution in [0.15, 0.2) is 54.9 Å². The SMILES string of the molecule is COC(=O)c1ccc(Oc2ncnc(Nc3nc4ccccc4s3)c2N)cc1. The Hall–Kier alpha value is -3.72. The fourth-order valence-electron chi connectivity index (χ4n) is 2.48. The van der Waals surface area contributed by atoms with Gasteiger partial charge >= 0.3 is 5.97 Å². The van der Waals surface area contributed by atoms with E-state index in [2.05, 4.69) is 25.0 Å². The Labute approximate surface area is 164 Å². The van der Waals surface area contributed by atoms with Crippen LogP contribution in [0.4, 0.5) is 16.6 Å². The maximum Gasteiger partial charge on any atom is 0.337 e. The monoisotopic (exact) mass is 393 g/mol. The molecule has 3 N–H and O–H groups in total. The molecule has 0 saturated heterocycles. The minimum Gasteiger partial charge on any atom is -0.465 e. The Bertz CT molecular complexity index is 1110. The normalized spacial score (nSPS) is 10.6. The number of fused-ring (bicyclic) bond motifs is 1. The second kappa shape index (κ2) is 7.49. The van der Waals surface area contributed by atoms with E-state index in [-0.39, 0.29) is 11.6 Å². The number of para-hydroxylation sites is 1. The molecule has 4 rings (SSSR count). The average molecular weight is 393 g/mol. The van der Waals surface area contributed by atoms with Gasteiger partial charge in [0, 0.05) is 0 Å². The maximum atomic E-state index is 11.5. The number of nitrogens with two attached hydrogens (primary N) is 1. The lowest BCUT2D eigenvalue weighted by molar-refractivity contribution is 0.0600. The molecule has 28 heavy (non-hydrogen) atoms. The number of esters is 1. The molecule has 2 aromatic carbocycles. The van der Waals surface area contributed by atoms with Crippen molar-refractivity contribution in [1.29, 1.82) is 0 Å². The first-order valence-corrected chi connectivity index (χ1v) is 9.05. The number of rotatable bonds is 5. The first kappa shape index (κ1) is 17.7. The van der Waals surface area contributed by atoms with Crippen LogP contribution >= 0.6 is 11.3 Å². The molecule has 0 aliphatic carbocycles. The number of anilines is 3. The Morgan fingerprint density at radius 2 is 1.89 bits per heavy atom. The zero-order chi connectivity index (χ0) is 19.5. The minimum absolute atomic E-state index is 0.199. The van der Waals surface area contributed by atoms with Crippen molar-refractivity contribution in [1.82, 2.24) is 15.0 Å². The van der Waals surface area contributed by atoms with E-state index in [1.807, 2.05) is 24.3 Å². The maximum absolute atomic E-state index is 11.5. The summed E-state index contributed by atoms with van der Waals surface area (Å²) in [6.45, 7) is 0. The van der Waals surface area contributed by atoms with Crippen LogP contribution in [-0.4, -0.2) is 28.0 Å². The number of hydrogen-bond acceptors (Lipinski definition) is 9. The lowest BCUT2D eigenvalue weighted by Crippen LogP contribution is -2.03. The molecule has 0 amide bonds. The number of carbonyl (C=O) groups is 1. The molecule has 0 spiro atoms. The van der Waals surface area contributed by atoms with E-state index in [0.717, 1.165) is 10.2 Å². The number of nitrogens with zero attached hydrogens (tertiary/aromatic N) is 3. The lowest BCUT2D eigenvalue weighted by atomic mass is 10.2. The largest absolute Gasteiger partial charge is 0.465 e. The quantitative estimate of drug-likeness (QED) is 0.490. The number of benzene rings is 2. The topological polar surface area (TPSA) is 112 Å².